The van der Waals surface area contributed by atoms with Crippen LogP contribution in [0.3, 0.4) is 0 Å². The van der Waals surface area contributed by atoms with Crippen molar-refractivity contribution in [1.29, 1.82) is 0 Å². The number of benzene rings is 1. The van der Waals surface area contributed by atoms with Gasteiger partial charge in [0, 0.05) is 6.54 Å². The molecule has 2 amide bonds. The summed E-state index contributed by atoms with van der Waals surface area (Å²) in [7, 11) is 0. The smallest absolute Gasteiger partial charge is 0.329 e. The number of nitrogens with zero attached hydrogens (tertiary/aromatic N) is 1. The second-order valence-electron chi connectivity index (χ2n) is 6.84. The van der Waals surface area contributed by atoms with Gasteiger partial charge in [-0.05, 0) is 56.2 Å². The molecule has 1 aromatic carbocycles. The first kappa shape index (κ1) is 22.2. The molecule has 0 saturated carbocycles. The number of hydrogen-bond donors (Lipinski definition) is 1. The normalized spacial score (nSPS) is 15.4. The Morgan fingerprint density at radius 3 is 2.55 bits per heavy atom. The summed E-state index contributed by atoms with van der Waals surface area (Å²) in [5.74, 6) is 0.192. The van der Waals surface area contributed by atoms with Gasteiger partial charge in [0.2, 0.25) is 0 Å². The molecule has 31 heavy (non-hydrogen) atoms. The van der Waals surface area contributed by atoms with Crippen LogP contribution in [0, 0.1) is 0 Å². The highest BCUT2D eigenvalue weighted by Crippen LogP contribution is 2.21. The molecule has 0 radical (unpaired) electrons. The minimum Gasteiger partial charge on any atom is -0.494 e. The van der Waals surface area contributed by atoms with Crippen molar-refractivity contribution in [3.05, 3.63) is 48.4 Å². The lowest BCUT2D eigenvalue weighted by Crippen LogP contribution is -2.42. The van der Waals surface area contributed by atoms with Crippen molar-refractivity contribution in [3.63, 3.8) is 0 Å². The Bertz CT molecular complexity index is 864. The van der Waals surface area contributed by atoms with Gasteiger partial charge in [0.25, 0.3) is 11.8 Å². The number of likely N-dealkylation sites (tertiary alicyclic amines) is 1. The van der Waals surface area contributed by atoms with Gasteiger partial charge in [0.15, 0.2) is 12.4 Å². The Kier molecular flexibility index (Phi) is 7.91. The number of ether oxygens (including phenoxy) is 3. The predicted molar refractivity (Wildman–Crippen MR) is 110 cm³/mol. The third kappa shape index (κ3) is 6.24. The fourth-order valence-electron chi connectivity index (χ4n) is 3.24. The first-order valence-electron chi connectivity index (χ1n) is 10.2. The molecule has 1 aromatic heterocycles. The minimum absolute atomic E-state index is 0.171. The highest BCUT2D eigenvalue weighted by atomic mass is 16.5. The van der Waals surface area contributed by atoms with Gasteiger partial charge in [-0.1, -0.05) is 0 Å². The third-order valence-corrected chi connectivity index (χ3v) is 4.69. The molecule has 2 aromatic rings. The van der Waals surface area contributed by atoms with E-state index in [2.05, 4.69) is 5.32 Å². The van der Waals surface area contributed by atoms with E-state index >= 15 is 0 Å². The summed E-state index contributed by atoms with van der Waals surface area (Å²) in [4.78, 5) is 38.1. The Morgan fingerprint density at radius 1 is 1.13 bits per heavy atom. The van der Waals surface area contributed by atoms with Gasteiger partial charge in [-0.3, -0.25) is 9.59 Å². The second kappa shape index (κ2) is 11.1. The van der Waals surface area contributed by atoms with Crippen LogP contribution < -0.4 is 14.8 Å². The summed E-state index contributed by atoms with van der Waals surface area (Å²) in [5.41, 5.74) is 0. The zero-order valence-electron chi connectivity index (χ0n) is 17.4. The van der Waals surface area contributed by atoms with Gasteiger partial charge in [-0.15, -0.1) is 0 Å². The highest BCUT2D eigenvalue weighted by Gasteiger charge is 2.36. The molecule has 3 rings (SSSR count). The molecule has 1 saturated heterocycles. The first-order valence-corrected chi connectivity index (χ1v) is 10.2. The zero-order chi connectivity index (χ0) is 22.1. The van der Waals surface area contributed by atoms with E-state index in [0.717, 1.165) is 5.75 Å². The van der Waals surface area contributed by atoms with Crippen molar-refractivity contribution in [2.45, 2.75) is 25.8 Å². The Morgan fingerprint density at radius 2 is 1.87 bits per heavy atom. The molecule has 0 spiro atoms. The summed E-state index contributed by atoms with van der Waals surface area (Å²) in [6.07, 6.45) is 2.57. The zero-order valence-corrected chi connectivity index (χ0v) is 17.4. The fourth-order valence-corrected chi connectivity index (χ4v) is 3.24. The van der Waals surface area contributed by atoms with E-state index in [0.29, 0.717) is 31.7 Å². The van der Waals surface area contributed by atoms with Crippen LogP contribution in [0.5, 0.6) is 11.5 Å². The van der Waals surface area contributed by atoms with Crippen LogP contribution in [-0.4, -0.2) is 61.6 Å². The van der Waals surface area contributed by atoms with Crippen molar-refractivity contribution >= 4 is 17.8 Å². The number of amides is 2. The number of nitrogens with one attached hydrogen (secondary N) is 1. The van der Waals surface area contributed by atoms with Gasteiger partial charge in [0.05, 0.1) is 19.4 Å². The number of hydrogen-bond acceptors (Lipinski definition) is 7. The lowest BCUT2D eigenvalue weighted by atomic mass is 10.2. The van der Waals surface area contributed by atoms with Gasteiger partial charge >= 0.3 is 5.97 Å². The van der Waals surface area contributed by atoms with E-state index < -0.39 is 24.5 Å². The number of carbonyl (C=O) groups is 3. The predicted octanol–water partition coefficient (Wildman–Crippen LogP) is 2.02. The monoisotopic (exact) mass is 430 g/mol. The number of carbonyl (C=O) groups excluding carboxylic acids is 3. The van der Waals surface area contributed by atoms with Crippen molar-refractivity contribution in [2.24, 2.45) is 0 Å². The average molecular weight is 430 g/mol. The molecule has 1 aliphatic heterocycles. The molecule has 1 aliphatic rings. The molecule has 1 atom stereocenters. The first-order chi connectivity index (χ1) is 15.1. The van der Waals surface area contributed by atoms with E-state index in [9.17, 15) is 14.4 Å². The maximum atomic E-state index is 12.4. The van der Waals surface area contributed by atoms with Gasteiger partial charge < -0.3 is 28.8 Å². The quantitative estimate of drug-likeness (QED) is 0.454. The second-order valence-corrected chi connectivity index (χ2v) is 6.84. The van der Waals surface area contributed by atoms with E-state index in [1.54, 1.807) is 36.4 Å². The number of furan rings is 1. The lowest BCUT2D eigenvalue weighted by Gasteiger charge is -2.22. The molecular weight excluding hydrogens is 404 g/mol. The van der Waals surface area contributed by atoms with Crippen LogP contribution >= 0.6 is 0 Å². The maximum Gasteiger partial charge on any atom is 0.329 e. The summed E-state index contributed by atoms with van der Waals surface area (Å²) in [6, 6.07) is 9.62. The van der Waals surface area contributed by atoms with Crippen molar-refractivity contribution in [3.8, 4) is 11.5 Å². The summed E-state index contributed by atoms with van der Waals surface area (Å²) >= 11 is 0. The fraction of sp³-hybridized carbons (Fsp3) is 0.409. The highest BCUT2D eigenvalue weighted by molar-refractivity contribution is 5.95. The standard InChI is InChI=1S/C22H26N2O7/c1-2-28-16-7-9-17(10-8-16)29-14-11-23-20(25)15-31-22(27)18-5-3-12-24(18)21(26)19-6-4-13-30-19/h4,6-10,13,18H,2-3,5,11-12,14-15H2,1H3,(H,23,25)/t18-/m0/s1. The molecular formula is C22H26N2O7. The van der Waals surface area contributed by atoms with Crippen molar-refractivity contribution in [2.75, 3.05) is 32.9 Å². The van der Waals surface area contributed by atoms with Gasteiger partial charge in [-0.2, -0.15) is 0 Å². The van der Waals surface area contributed by atoms with E-state index in [1.807, 2.05) is 6.92 Å². The number of esters is 1. The molecule has 0 unspecified atom stereocenters. The average Bonchev–Trinajstić information content (AvgIpc) is 3.48. The molecule has 0 aliphatic carbocycles. The van der Waals surface area contributed by atoms with Crippen LogP contribution in [0.15, 0.2) is 47.1 Å². The van der Waals surface area contributed by atoms with E-state index in [1.165, 1.54) is 11.2 Å². The van der Waals surface area contributed by atoms with Crippen LogP contribution in [-0.2, 0) is 14.3 Å². The lowest BCUT2D eigenvalue weighted by molar-refractivity contribution is -0.152. The van der Waals surface area contributed by atoms with Crippen LogP contribution in [0.1, 0.15) is 30.3 Å². The molecule has 2 heterocycles. The molecule has 166 valence electrons. The van der Waals surface area contributed by atoms with Crippen LogP contribution in [0.2, 0.25) is 0 Å². The Balaban J connectivity index is 1.35. The third-order valence-electron chi connectivity index (χ3n) is 4.69. The Hall–Kier alpha value is -3.49. The topological polar surface area (TPSA) is 107 Å². The minimum atomic E-state index is -0.714. The van der Waals surface area contributed by atoms with Crippen LogP contribution in [0.25, 0.3) is 0 Å². The molecule has 0 bridgehead atoms. The largest absolute Gasteiger partial charge is 0.494 e. The van der Waals surface area contributed by atoms with E-state index in [-0.39, 0.29) is 24.8 Å². The van der Waals surface area contributed by atoms with Gasteiger partial charge in [-0.25, -0.2) is 4.79 Å². The summed E-state index contributed by atoms with van der Waals surface area (Å²) in [6.45, 7) is 3.05. The van der Waals surface area contributed by atoms with Crippen molar-refractivity contribution in [1.82, 2.24) is 10.2 Å². The van der Waals surface area contributed by atoms with Gasteiger partial charge in [0.1, 0.15) is 24.1 Å². The van der Waals surface area contributed by atoms with Crippen LogP contribution in [0.4, 0.5) is 0 Å². The molecule has 9 nitrogen and oxygen atoms in total. The SMILES string of the molecule is CCOc1ccc(OCCNC(=O)COC(=O)[C@@H]2CCCN2C(=O)c2ccco2)cc1. The number of rotatable bonds is 10. The summed E-state index contributed by atoms with van der Waals surface area (Å²) in [5, 5.41) is 2.63. The Labute approximate surface area is 180 Å². The van der Waals surface area contributed by atoms with Crippen molar-refractivity contribution < 1.29 is 33.0 Å². The molecule has 1 fully saturated rings. The maximum absolute atomic E-state index is 12.4. The molecule has 9 heteroatoms. The molecule has 1 N–H and O–H groups in total. The summed E-state index contributed by atoms with van der Waals surface area (Å²) < 4.78 is 21.1. The van der Waals surface area contributed by atoms with E-state index in [4.69, 9.17) is 18.6 Å².